The summed E-state index contributed by atoms with van der Waals surface area (Å²) >= 11 is 3.40. The Balaban J connectivity index is 1.93. The number of anilines is 1. The first-order chi connectivity index (χ1) is 8.29. The summed E-state index contributed by atoms with van der Waals surface area (Å²) in [6.07, 6.45) is 3.39. The molecule has 2 aromatic rings. The molecule has 2 heterocycles. The predicted molar refractivity (Wildman–Crippen MR) is 69.1 cm³/mol. The van der Waals surface area contributed by atoms with Gasteiger partial charge in [-0.05, 0) is 35.0 Å². The molecule has 0 aromatic carbocycles. The molecule has 0 amide bonds. The van der Waals surface area contributed by atoms with Crippen molar-refractivity contribution < 1.29 is 9.15 Å². The maximum absolute atomic E-state index is 5.29. The Hall–Kier alpha value is -1.49. The third-order valence-electron chi connectivity index (χ3n) is 2.17. The van der Waals surface area contributed by atoms with E-state index < -0.39 is 0 Å². The number of halogens is 1. The Morgan fingerprint density at radius 2 is 2.29 bits per heavy atom. The average Bonchev–Trinajstić information content (AvgIpc) is 2.75. The smallest absolute Gasteiger partial charge is 0.213 e. The molecule has 0 unspecified atom stereocenters. The molecule has 0 radical (unpaired) electrons. The number of pyridine rings is 1. The van der Waals surface area contributed by atoms with Gasteiger partial charge in [-0.15, -0.1) is 0 Å². The predicted octanol–water partition coefficient (Wildman–Crippen LogP) is 3.45. The Morgan fingerprint density at radius 1 is 1.41 bits per heavy atom. The Labute approximate surface area is 108 Å². The lowest BCUT2D eigenvalue weighted by atomic mass is 10.4. The zero-order valence-corrected chi connectivity index (χ0v) is 11.0. The summed E-state index contributed by atoms with van der Waals surface area (Å²) in [5, 5.41) is 3.22. The fourth-order valence-corrected chi connectivity index (χ4v) is 1.69. The first-order valence-corrected chi connectivity index (χ1v) is 6.13. The van der Waals surface area contributed by atoms with Crippen LogP contribution in [0.25, 0.3) is 0 Å². The summed E-state index contributed by atoms with van der Waals surface area (Å²) in [5.74, 6) is 1.50. The van der Waals surface area contributed by atoms with Gasteiger partial charge in [0.15, 0.2) is 0 Å². The van der Waals surface area contributed by atoms with Crippen LogP contribution in [-0.4, -0.2) is 11.6 Å². The first-order valence-electron chi connectivity index (χ1n) is 5.34. The number of hydrogen-bond donors (Lipinski definition) is 1. The second-order valence-corrected chi connectivity index (χ2v) is 4.22. The molecule has 0 saturated carbocycles. The third-order valence-corrected chi connectivity index (χ3v) is 2.88. The van der Waals surface area contributed by atoms with E-state index in [-0.39, 0.29) is 0 Å². The molecule has 90 valence electrons. The molecule has 0 bridgehead atoms. The van der Waals surface area contributed by atoms with E-state index in [1.54, 1.807) is 12.5 Å². The van der Waals surface area contributed by atoms with Gasteiger partial charge in [-0.1, -0.05) is 0 Å². The van der Waals surface area contributed by atoms with Gasteiger partial charge in [-0.3, -0.25) is 0 Å². The van der Waals surface area contributed by atoms with Gasteiger partial charge in [-0.25, -0.2) is 4.98 Å². The topological polar surface area (TPSA) is 47.3 Å². The molecule has 0 fully saturated rings. The quantitative estimate of drug-likeness (QED) is 0.918. The lowest BCUT2D eigenvalue weighted by molar-refractivity contribution is 0.327. The molecule has 2 rings (SSSR count). The van der Waals surface area contributed by atoms with Gasteiger partial charge < -0.3 is 14.5 Å². The van der Waals surface area contributed by atoms with Gasteiger partial charge in [0.05, 0.1) is 35.8 Å². The zero-order chi connectivity index (χ0) is 12.1. The van der Waals surface area contributed by atoms with Crippen molar-refractivity contribution in [2.45, 2.75) is 13.5 Å². The van der Waals surface area contributed by atoms with Crippen LogP contribution >= 0.6 is 15.9 Å². The number of furan rings is 1. The van der Waals surface area contributed by atoms with Crippen LogP contribution in [0.15, 0.2) is 39.5 Å². The zero-order valence-electron chi connectivity index (χ0n) is 9.44. The molecule has 0 aliphatic rings. The number of ether oxygens (including phenoxy) is 1. The van der Waals surface area contributed by atoms with Gasteiger partial charge in [-0.2, -0.15) is 0 Å². The second kappa shape index (κ2) is 5.72. The van der Waals surface area contributed by atoms with Crippen molar-refractivity contribution in [3.05, 3.63) is 40.9 Å². The number of nitrogens with one attached hydrogen (secondary N) is 1. The van der Waals surface area contributed by atoms with Crippen LogP contribution in [0.2, 0.25) is 0 Å². The summed E-state index contributed by atoms with van der Waals surface area (Å²) in [4.78, 5) is 4.16. The van der Waals surface area contributed by atoms with E-state index in [0.717, 1.165) is 15.9 Å². The minimum atomic E-state index is 0.614. The number of nitrogens with zero attached hydrogens (tertiary/aromatic N) is 1. The van der Waals surface area contributed by atoms with Crippen molar-refractivity contribution >= 4 is 21.6 Å². The molecule has 0 atom stereocenters. The molecule has 5 heteroatoms. The van der Waals surface area contributed by atoms with Crippen molar-refractivity contribution in [2.24, 2.45) is 0 Å². The highest BCUT2D eigenvalue weighted by Gasteiger charge is 2.03. The highest BCUT2D eigenvalue weighted by atomic mass is 79.9. The minimum Gasteiger partial charge on any atom is -0.478 e. The molecule has 17 heavy (non-hydrogen) atoms. The second-order valence-electron chi connectivity index (χ2n) is 3.36. The number of aromatic nitrogens is 1. The summed E-state index contributed by atoms with van der Waals surface area (Å²) in [6, 6.07) is 5.63. The normalized spacial score (nSPS) is 10.2. The van der Waals surface area contributed by atoms with E-state index in [2.05, 4.69) is 26.2 Å². The van der Waals surface area contributed by atoms with E-state index in [4.69, 9.17) is 9.15 Å². The molecular weight excluding hydrogens is 284 g/mol. The fourth-order valence-electron chi connectivity index (χ4n) is 1.35. The summed E-state index contributed by atoms with van der Waals surface area (Å²) < 4.78 is 11.5. The van der Waals surface area contributed by atoms with Crippen LogP contribution in [0.4, 0.5) is 5.69 Å². The van der Waals surface area contributed by atoms with Gasteiger partial charge >= 0.3 is 0 Å². The first kappa shape index (κ1) is 12.0. The van der Waals surface area contributed by atoms with Gasteiger partial charge in [0, 0.05) is 6.07 Å². The maximum Gasteiger partial charge on any atom is 0.213 e. The standard InChI is InChI=1S/C12H13BrN2O2/c1-2-16-12-4-3-9(7-15-12)14-8-11-10(13)5-6-17-11/h3-7,14H,2,8H2,1H3. The third kappa shape index (κ3) is 3.23. The van der Waals surface area contributed by atoms with Gasteiger partial charge in [0.1, 0.15) is 5.76 Å². The maximum atomic E-state index is 5.29. The molecule has 0 aliphatic carbocycles. The van der Waals surface area contributed by atoms with Crippen LogP contribution in [0, 0.1) is 0 Å². The summed E-state index contributed by atoms with van der Waals surface area (Å²) in [6.45, 7) is 3.17. The molecular formula is C12H13BrN2O2. The van der Waals surface area contributed by atoms with Crippen LogP contribution in [-0.2, 0) is 6.54 Å². The summed E-state index contributed by atoms with van der Waals surface area (Å²) in [7, 11) is 0. The van der Waals surface area contributed by atoms with E-state index >= 15 is 0 Å². The molecule has 4 nitrogen and oxygen atoms in total. The van der Waals surface area contributed by atoms with Crippen LogP contribution < -0.4 is 10.1 Å². The lowest BCUT2D eigenvalue weighted by Gasteiger charge is -2.06. The minimum absolute atomic E-state index is 0.614. The van der Waals surface area contributed by atoms with Crippen LogP contribution in [0.5, 0.6) is 5.88 Å². The molecule has 2 aromatic heterocycles. The monoisotopic (exact) mass is 296 g/mol. The van der Waals surface area contributed by atoms with E-state index in [9.17, 15) is 0 Å². The fraction of sp³-hybridized carbons (Fsp3) is 0.250. The van der Waals surface area contributed by atoms with Crippen LogP contribution in [0.1, 0.15) is 12.7 Å². The largest absolute Gasteiger partial charge is 0.478 e. The Kier molecular flexibility index (Phi) is 4.03. The summed E-state index contributed by atoms with van der Waals surface area (Å²) in [5.41, 5.74) is 0.928. The average molecular weight is 297 g/mol. The molecule has 0 aliphatic heterocycles. The van der Waals surface area contributed by atoms with E-state index in [1.165, 1.54) is 0 Å². The van der Waals surface area contributed by atoms with E-state index in [1.807, 2.05) is 25.1 Å². The SMILES string of the molecule is CCOc1ccc(NCc2occc2Br)cn1. The molecule has 0 spiro atoms. The van der Waals surface area contributed by atoms with Crippen molar-refractivity contribution in [1.29, 1.82) is 0 Å². The van der Waals surface area contributed by atoms with E-state index in [0.29, 0.717) is 19.0 Å². The Morgan fingerprint density at radius 3 is 2.88 bits per heavy atom. The van der Waals surface area contributed by atoms with Gasteiger partial charge in [0.2, 0.25) is 5.88 Å². The number of rotatable bonds is 5. The molecule has 1 N–H and O–H groups in total. The molecule has 0 saturated heterocycles. The Bertz CT molecular complexity index is 468. The van der Waals surface area contributed by atoms with Crippen molar-refractivity contribution in [1.82, 2.24) is 4.98 Å². The van der Waals surface area contributed by atoms with Crippen molar-refractivity contribution in [3.8, 4) is 5.88 Å². The van der Waals surface area contributed by atoms with Gasteiger partial charge in [0.25, 0.3) is 0 Å². The number of hydrogen-bond acceptors (Lipinski definition) is 4. The van der Waals surface area contributed by atoms with Crippen molar-refractivity contribution in [3.63, 3.8) is 0 Å². The highest BCUT2D eigenvalue weighted by molar-refractivity contribution is 9.10. The lowest BCUT2D eigenvalue weighted by Crippen LogP contribution is -2.00. The highest BCUT2D eigenvalue weighted by Crippen LogP contribution is 2.19. The van der Waals surface area contributed by atoms with Crippen LogP contribution in [0.3, 0.4) is 0 Å². The van der Waals surface area contributed by atoms with Crippen molar-refractivity contribution in [2.75, 3.05) is 11.9 Å².